The normalized spacial score (nSPS) is 8.69. The molecule has 0 atom stereocenters. The van der Waals surface area contributed by atoms with E-state index in [4.69, 9.17) is 14.6 Å². The van der Waals surface area contributed by atoms with Gasteiger partial charge in [0, 0.05) is 0 Å². The third-order valence-electron chi connectivity index (χ3n) is 4.85. The van der Waals surface area contributed by atoms with Crippen molar-refractivity contribution in [2.45, 2.75) is 13.8 Å². The summed E-state index contributed by atoms with van der Waals surface area (Å²) in [7, 11) is 6.35. The molecular formula is C29H33Cl2O3SiTi-3. The van der Waals surface area contributed by atoms with Crippen LogP contribution in [-0.4, -0.2) is 27.0 Å². The number of methoxy groups -OCH3 is 2. The van der Waals surface area contributed by atoms with Crippen LogP contribution in [0.2, 0.25) is 0 Å². The molecule has 0 aliphatic carbocycles. The molecule has 36 heavy (non-hydrogen) atoms. The summed E-state index contributed by atoms with van der Waals surface area (Å²) in [6.07, 6.45) is 0. The second kappa shape index (κ2) is 20.0. The summed E-state index contributed by atoms with van der Waals surface area (Å²) in [6, 6.07) is 27.8. The number of halogens is 2. The molecule has 192 valence electrons. The van der Waals surface area contributed by atoms with Crippen molar-refractivity contribution in [1.29, 1.82) is 0 Å². The van der Waals surface area contributed by atoms with Crippen LogP contribution in [0.15, 0.2) is 84.9 Å². The Morgan fingerprint density at radius 3 is 1.56 bits per heavy atom. The summed E-state index contributed by atoms with van der Waals surface area (Å²) in [5, 5.41) is 16.3. The fourth-order valence-electron chi connectivity index (χ4n) is 3.41. The Morgan fingerprint density at radius 1 is 0.667 bits per heavy atom. The molecule has 0 aromatic heterocycles. The number of ether oxygens (including phenoxy) is 2. The van der Waals surface area contributed by atoms with Crippen molar-refractivity contribution >= 4 is 64.8 Å². The first-order chi connectivity index (χ1) is 16.7. The first kappa shape index (κ1) is 36.1. The van der Waals surface area contributed by atoms with Gasteiger partial charge in [0.25, 0.3) is 0 Å². The fraction of sp³-hybridized carbons (Fsp3) is 0.138. The van der Waals surface area contributed by atoms with Gasteiger partial charge in [0.2, 0.25) is 0 Å². The van der Waals surface area contributed by atoms with Crippen molar-refractivity contribution in [2.75, 3.05) is 14.2 Å². The molecule has 5 aromatic rings. The molecular weight excluding hydrogens is 543 g/mol. The standard InChI is InChI=1S/C15H13O2.C10H8O.2C2H5.2ClH.Si.Ti/c1-16-12-3-5-14-10(8-12)7-11-9-13(17-2)4-6-15(11)14;11-10-6-5-8-3-1-2-4-9(8)7-10;2*1-2;;;;/h3-9H,1-2H3;1-7,11H;2*1H2,2H3;2*1H;;/q-1;;2*-1;;;;. The van der Waals surface area contributed by atoms with E-state index in [1.807, 2.05) is 42.5 Å². The van der Waals surface area contributed by atoms with Crippen LogP contribution in [0.3, 0.4) is 0 Å². The molecule has 2 radical (unpaired) electrons. The van der Waals surface area contributed by atoms with E-state index in [2.05, 4.69) is 51.8 Å². The molecule has 7 heteroatoms. The maximum atomic E-state index is 9.13. The molecule has 5 aromatic carbocycles. The third kappa shape index (κ3) is 9.76. The molecule has 0 saturated heterocycles. The SMILES string of the molecule is COc1ccc2c(c1)[cH-]c1cc(OC)ccc12.Cl.Cl.Oc1ccc2ccccc2c1.[CH2-]C.[CH2-]C.[Si]=[Ti]. The molecule has 3 nitrogen and oxygen atoms in total. The maximum absolute atomic E-state index is 9.13. The van der Waals surface area contributed by atoms with Crippen LogP contribution < -0.4 is 9.47 Å². The van der Waals surface area contributed by atoms with E-state index in [0.29, 0.717) is 5.75 Å². The number of hydrogen-bond acceptors (Lipinski definition) is 3. The second-order valence-electron chi connectivity index (χ2n) is 6.58. The predicted octanol–water partition coefficient (Wildman–Crippen LogP) is 8.42. The monoisotopic (exact) mass is 575 g/mol. The van der Waals surface area contributed by atoms with Gasteiger partial charge >= 0.3 is 26.8 Å². The number of phenolic OH excluding ortho intramolecular Hbond substituents is 1. The molecule has 0 saturated carbocycles. The first-order valence-electron chi connectivity index (χ1n) is 10.7. The van der Waals surface area contributed by atoms with Crippen molar-refractivity contribution < 1.29 is 33.8 Å². The minimum absolute atomic E-state index is 0. The van der Waals surface area contributed by atoms with Crippen molar-refractivity contribution in [1.82, 2.24) is 0 Å². The van der Waals surface area contributed by atoms with Gasteiger partial charge in [-0.25, -0.2) is 0 Å². The van der Waals surface area contributed by atoms with Gasteiger partial charge in [0.15, 0.2) is 0 Å². The van der Waals surface area contributed by atoms with Gasteiger partial charge in [0.1, 0.15) is 5.75 Å². The number of fused-ring (bicyclic) bond motifs is 4. The van der Waals surface area contributed by atoms with Gasteiger partial charge < -0.3 is 28.4 Å². The molecule has 0 bridgehead atoms. The van der Waals surface area contributed by atoms with E-state index in [9.17, 15) is 0 Å². The Hall–Kier alpha value is -2.08. The molecule has 0 aliphatic rings. The van der Waals surface area contributed by atoms with Crippen LogP contribution in [0, 0.1) is 13.8 Å². The van der Waals surface area contributed by atoms with E-state index >= 15 is 0 Å². The average molecular weight is 576 g/mol. The molecule has 1 N–H and O–H groups in total. The number of phenols is 1. The van der Waals surface area contributed by atoms with E-state index in [1.165, 1.54) is 21.5 Å². The van der Waals surface area contributed by atoms with E-state index in [0.717, 1.165) is 22.3 Å². The quantitative estimate of drug-likeness (QED) is 0.169. The number of benzene rings is 4. The molecule has 0 fully saturated rings. The van der Waals surface area contributed by atoms with Gasteiger partial charge in [0.05, 0.1) is 25.7 Å². The van der Waals surface area contributed by atoms with Gasteiger partial charge in [-0.15, -0.1) is 52.4 Å². The number of aromatic hydroxyl groups is 1. The van der Waals surface area contributed by atoms with Gasteiger partial charge in [-0.05, 0) is 35.0 Å². The van der Waals surface area contributed by atoms with Crippen LogP contribution >= 0.6 is 24.8 Å². The van der Waals surface area contributed by atoms with Crippen LogP contribution in [-0.2, 0) is 19.2 Å². The van der Waals surface area contributed by atoms with E-state index < -0.39 is 0 Å². The van der Waals surface area contributed by atoms with Crippen LogP contribution in [0.4, 0.5) is 0 Å². The zero-order chi connectivity index (χ0) is 25.5. The van der Waals surface area contributed by atoms with Crippen molar-refractivity contribution in [3.05, 3.63) is 98.8 Å². The first-order valence-corrected chi connectivity index (χ1v) is 13.6. The van der Waals surface area contributed by atoms with Crippen molar-refractivity contribution in [3.8, 4) is 17.2 Å². The summed E-state index contributed by atoms with van der Waals surface area (Å²) >= 11 is 1.81. The van der Waals surface area contributed by atoms with Gasteiger partial charge in [-0.1, -0.05) is 54.6 Å². The van der Waals surface area contributed by atoms with Crippen LogP contribution in [0.1, 0.15) is 13.8 Å². The summed E-state index contributed by atoms with van der Waals surface area (Å²) in [4.78, 5) is 0. The van der Waals surface area contributed by atoms with Crippen molar-refractivity contribution in [2.24, 2.45) is 0 Å². The fourth-order valence-corrected chi connectivity index (χ4v) is 3.41. The van der Waals surface area contributed by atoms with Crippen LogP contribution in [0.25, 0.3) is 32.3 Å². The summed E-state index contributed by atoms with van der Waals surface area (Å²) in [5.41, 5.74) is 0. The average Bonchev–Trinajstić information content (AvgIpc) is 3.29. The molecule has 0 spiro atoms. The molecule has 5 rings (SSSR count). The van der Waals surface area contributed by atoms with E-state index in [-0.39, 0.29) is 24.8 Å². The van der Waals surface area contributed by atoms with E-state index in [1.54, 1.807) is 59.4 Å². The number of rotatable bonds is 2. The summed E-state index contributed by atoms with van der Waals surface area (Å²) < 4.78 is 10.5. The Bertz CT molecular complexity index is 1230. The minimum atomic E-state index is 0. The zero-order valence-electron chi connectivity index (χ0n) is 21.1. The van der Waals surface area contributed by atoms with Crippen LogP contribution in [0.5, 0.6) is 17.2 Å². The number of hydrogen-bond donors (Lipinski definition) is 1. The molecule has 0 unspecified atom stereocenters. The topological polar surface area (TPSA) is 38.7 Å². The van der Waals surface area contributed by atoms with Gasteiger partial charge in [-0.2, -0.15) is 13.8 Å². The zero-order valence-corrected chi connectivity index (χ0v) is 25.3. The Labute approximate surface area is 241 Å². The molecule has 0 aliphatic heterocycles. The summed E-state index contributed by atoms with van der Waals surface area (Å²) in [5.74, 6) is 2.10. The second-order valence-corrected chi connectivity index (χ2v) is 6.58. The third-order valence-corrected chi connectivity index (χ3v) is 4.85. The predicted molar refractivity (Wildman–Crippen MR) is 158 cm³/mol. The van der Waals surface area contributed by atoms with Crippen molar-refractivity contribution in [3.63, 3.8) is 0 Å². The van der Waals surface area contributed by atoms with Gasteiger partial charge in [-0.3, -0.25) is 0 Å². The Balaban J connectivity index is 0. The Morgan fingerprint density at radius 2 is 1.11 bits per heavy atom. The summed E-state index contributed by atoms with van der Waals surface area (Å²) in [6.45, 7) is 10.0. The molecule has 0 heterocycles. The molecule has 0 amide bonds. The Kier molecular flexibility index (Phi) is 20.1.